The smallest absolute Gasteiger partial charge is 0.0000330 e. The van der Waals surface area contributed by atoms with Gasteiger partial charge >= 0.3 is 0 Å². The first-order valence-corrected chi connectivity index (χ1v) is 3.98. The van der Waals surface area contributed by atoms with Gasteiger partial charge in [0, 0.05) is 0 Å². The van der Waals surface area contributed by atoms with Gasteiger partial charge in [-0.05, 0) is 19.4 Å². The summed E-state index contributed by atoms with van der Waals surface area (Å²) >= 11 is 5.01. The molecule has 0 aliphatic rings. The number of benzene rings is 1. The molecule has 0 radical (unpaired) electrons. The van der Waals surface area contributed by atoms with E-state index in [-0.39, 0.29) is 0 Å². The van der Waals surface area contributed by atoms with Crippen LogP contribution < -0.4 is 0 Å². The van der Waals surface area contributed by atoms with Gasteiger partial charge in [0.25, 0.3) is 0 Å². The Kier molecular flexibility index (Phi) is 6.86. The lowest BCUT2D eigenvalue weighted by Gasteiger charge is -1.82. The second-order valence-corrected chi connectivity index (χ2v) is 2.37. The molecule has 11 heavy (non-hydrogen) atoms. The molecule has 0 amide bonds. The molecule has 0 fully saturated rings. The van der Waals surface area contributed by atoms with E-state index in [1.807, 2.05) is 25.1 Å². The average molecular weight is 169 g/mol. The van der Waals surface area contributed by atoms with Gasteiger partial charge in [0.15, 0.2) is 0 Å². The zero-order valence-corrected chi connectivity index (χ0v) is 7.68. The fourth-order valence-electron chi connectivity index (χ4n) is 0.534. The number of hydrogen-bond acceptors (Lipinski definition) is 0. The average Bonchev–Trinajstić information content (AvgIpc) is 2.07. The van der Waals surface area contributed by atoms with E-state index in [0.717, 1.165) is 0 Å². The molecule has 1 rings (SSSR count). The molecule has 1 aromatic carbocycles. The summed E-state index contributed by atoms with van der Waals surface area (Å²) in [6.45, 7) is 3.95. The van der Waals surface area contributed by atoms with Gasteiger partial charge in [0.1, 0.15) is 0 Å². The Morgan fingerprint density at radius 3 is 1.82 bits per heavy atom. The quantitative estimate of drug-likeness (QED) is 0.554. The van der Waals surface area contributed by atoms with E-state index in [1.54, 1.807) is 6.08 Å². The van der Waals surface area contributed by atoms with Crippen LogP contribution in [-0.4, -0.2) is 0 Å². The lowest BCUT2D eigenvalue weighted by Crippen LogP contribution is -1.62. The van der Waals surface area contributed by atoms with Crippen molar-refractivity contribution in [1.29, 1.82) is 0 Å². The maximum absolute atomic E-state index is 5.01. The highest BCUT2D eigenvalue weighted by molar-refractivity contribution is 6.25. The number of hydrogen-bond donors (Lipinski definition) is 0. The molecule has 0 saturated heterocycles. The van der Waals surface area contributed by atoms with Crippen molar-refractivity contribution in [2.75, 3.05) is 0 Å². The van der Waals surface area contributed by atoms with E-state index in [4.69, 9.17) is 11.6 Å². The molecule has 0 unspecified atom stereocenters. The minimum Gasteiger partial charge on any atom is -0.0933 e. The molecule has 0 heterocycles. The third-order valence-corrected chi connectivity index (χ3v) is 1.32. The maximum Gasteiger partial charge on any atom is -0.0000330 e. The SMILES string of the molecule is CC=CCl.Cc1ccccc1. The fraction of sp³-hybridized carbons (Fsp3) is 0.200. The number of rotatable bonds is 0. The van der Waals surface area contributed by atoms with Gasteiger partial charge < -0.3 is 0 Å². The number of aryl methyl sites for hydroxylation is 1. The van der Waals surface area contributed by atoms with Crippen molar-refractivity contribution in [2.24, 2.45) is 0 Å². The zero-order chi connectivity index (χ0) is 8.53. The molecule has 1 heteroatoms. The third-order valence-electron chi connectivity index (χ3n) is 1.07. The van der Waals surface area contributed by atoms with Gasteiger partial charge in [-0.1, -0.05) is 53.6 Å². The van der Waals surface area contributed by atoms with Gasteiger partial charge in [-0.3, -0.25) is 0 Å². The van der Waals surface area contributed by atoms with Crippen molar-refractivity contribution in [3.05, 3.63) is 47.5 Å². The Hall–Kier alpha value is -0.750. The Morgan fingerprint density at radius 2 is 1.64 bits per heavy atom. The summed E-state index contributed by atoms with van der Waals surface area (Å²) in [4.78, 5) is 0. The van der Waals surface area contributed by atoms with Crippen LogP contribution in [0.15, 0.2) is 41.9 Å². The molecule has 0 nitrogen and oxygen atoms in total. The molecule has 0 aliphatic heterocycles. The first-order chi connectivity index (χ1) is 5.31. The molecule has 60 valence electrons. The molecule has 1 aromatic rings. The van der Waals surface area contributed by atoms with Crippen LogP contribution in [0.3, 0.4) is 0 Å². The monoisotopic (exact) mass is 168 g/mol. The van der Waals surface area contributed by atoms with Crippen LogP contribution in [0.25, 0.3) is 0 Å². The van der Waals surface area contributed by atoms with Crippen molar-refractivity contribution in [3.8, 4) is 0 Å². The number of halogens is 1. The Bertz CT molecular complexity index is 185. The van der Waals surface area contributed by atoms with E-state index in [1.165, 1.54) is 11.1 Å². The van der Waals surface area contributed by atoms with Crippen molar-refractivity contribution in [1.82, 2.24) is 0 Å². The Morgan fingerprint density at radius 1 is 1.18 bits per heavy atom. The summed E-state index contributed by atoms with van der Waals surface area (Å²) in [6, 6.07) is 10.3. The van der Waals surface area contributed by atoms with E-state index in [0.29, 0.717) is 0 Å². The predicted molar refractivity (Wildman–Crippen MR) is 51.8 cm³/mol. The largest absolute Gasteiger partial charge is 0.0933 e. The second-order valence-electron chi connectivity index (χ2n) is 2.11. The predicted octanol–water partition coefficient (Wildman–Crippen LogP) is 3.75. The zero-order valence-electron chi connectivity index (χ0n) is 6.92. The molecule has 0 atom stereocenters. The van der Waals surface area contributed by atoms with E-state index in [2.05, 4.69) is 19.1 Å². The lowest BCUT2D eigenvalue weighted by atomic mass is 10.2. The minimum absolute atomic E-state index is 1.32. The van der Waals surface area contributed by atoms with Crippen molar-refractivity contribution < 1.29 is 0 Å². The normalized spacial score (nSPS) is 9.00. The summed E-state index contributed by atoms with van der Waals surface area (Å²) in [5.74, 6) is 0. The van der Waals surface area contributed by atoms with Gasteiger partial charge in [-0.2, -0.15) is 0 Å². The van der Waals surface area contributed by atoms with Crippen LogP contribution in [-0.2, 0) is 0 Å². The summed E-state index contributed by atoms with van der Waals surface area (Å²) < 4.78 is 0. The lowest BCUT2D eigenvalue weighted by molar-refractivity contribution is 1.48. The van der Waals surface area contributed by atoms with Crippen LogP contribution in [0.4, 0.5) is 0 Å². The summed E-state index contributed by atoms with van der Waals surface area (Å²) in [7, 11) is 0. The van der Waals surface area contributed by atoms with Crippen LogP contribution in [0.1, 0.15) is 12.5 Å². The third kappa shape index (κ3) is 7.14. The fourth-order valence-corrected chi connectivity index (χ4v) is 0.534. The number of allylic oxidation sites excluding steroid dienone is 1. The molecule has 0 spiro atoms. The van der Waals surface area contributed by atoms with Crippen molar-refractivity contribution >= 4 is 11.6 Å². The van der Waals surface area contributed by atoms with Crippen molar-refractivity contribution in [3.63, 3.8) is 0 Å². The molecule has 0 saturated carbocycles. The van der Waals surface area contributed by atoms with Gasteiger partial charge in [-0.15, -0.1) is 0 Å². The Balaban J connectivity index is 0.000000218. The van der Waals surface area contributed by atoms with Gasteiger partial charge in [0.2, 0.25) is 0 Å². The Labute approximate surface area is 73.5 Å². The minimum atomic E-state index is 1.32. The highest BCUT2D eigenvalue weighted by Crippen LogP contribution is 1.92. The topological polar surface area (TPSA) is 0 Å². The van der Waals surface area contributed by atoms with Crippen LogP contribution >= 0.6 is 11.6 Å². The summed E-state index contributed by atoms with van der Waals surface area (Å²) in [6.07, 6.45) is 1.77. The standard InChI is InChI=1S/C7H8.C3H5Cl/c1-7-5-3-2-4-6-7;1-2-3-4/h2-6H,1H3;2-3H,1H3. The first kappa shape index (κ1) is 10.2. The van der Waals surface area contributed by atoms with Gasteiger partial charge in [-0.25, -0.2) is 0 Å². The van der Waals surface area contributed by atoms with Crippen LogP contribution in [0.5, 0.6) is 0 Å². The van der Waals surface area contributed by atoms with E-state index < -0.39 is 0 Å². The molecular formula is C10H13Cl. The molecule has 0 aromatic heterocycles. The van der Waals surface area contributed by atoms with Crippen LogP contribution in [0.2, 0.25) is 0 Å². The highest BCUT2D eigenvalue weighted by atomic mass is 35.5. The highest BCUT2D eigenvalue weighted by Gasteiger charge is 1.72. The summed E-state index contributed by atoms with van der Waals surface area (Å²) in [5.41, 5.74) is 2.79. The molecular weight excluding hydrogens is 156 g/mol. The maximum atomic E-state index is 5.01. The second kappa shape index (κ2) is 7.36. The van der Waals surface area contributed by atoms with E-state index in [9.17, 15) is 0 Å². The molecule has 0 aliphatic carbocycles. The van der Waals surface area contributed by atoms with Crippen LogP contribution in [0, 0.1) is 6.92 Å². The molecule has 0 bridgehead atoms. The van der Waals surface area contributed by atoms with Crippen molar-refractivity contribution in [2.45, 2.75) is 13.8 Å². The summed E-state index contributed by atoms with van der Waals surface area (Å²) in [5, 5.41) is 0. The van der Waals surface area contributed by atoms with Gasteiger partial charge in [0.05, 0.1) is 0 Å². The molecule has 0 N–H and O–H groups in total. The first-order valence-electron chi connectivity index (χ1n) is 3.54. The van der Waals surface area contributed by atoms with E-state index >= 15 is 0 Å².